The van der Waals surface area contributed by atoms with Crippen LogP contribution in [0.4, 0.5) is 4.39 Å². The van der Waals surface area contributed by atoms with Crippen molar-refractivity contribution in [3.05, 3.63) is 82.2 Å². The Hall–Kier alpha value is -2.93. The molecule has 128 valence electrons. The van der Waals surface area contributed by atoms with E-state index in [0.717, 1.165) is 0 Å². The van der Waals surface area contributed by atoms with E-state index < -0.39 is 23.8 Å². The van der Waals surface area contributed by atoms with Crippen LogP contribution >= 0.6 is 11.3 Å². The molecule has 0 bridgehead atoms. The molecular weight excluding hydrogens is 345 g/mol. The van der Waals surface area contributed by atoms with Gasteiger partial charge in [-0.1, -0.05) is 24.3 Å². The minimum Gasteiger partial charge on any atom is -0.467 e. The molecule has 0 aliphatic heterocycles. The Morgan fingerprint density at radius 2 is 2.00 bits per heavy atom. The lowest BCUT2D eigenvalue weighted by Crippen LogP contribution is -2.32. The minimum absolute atomic E-state index is 0.00986. The van der Waals surface area contributed by atoms with E-state index in [1.807, 2.05) is 0 Å². The van der Waals surface area contributed by atoms with Gasteiger partial charge in [0, 0.05) is 5.56 Å². The van der Waals surface area contributed by atoms with Crippen LogP contribution < -0.4 is 5.32 Å². The zero-order valence-corrected chi connectivity index (χ0v) is 13.8. The highest BCUT2D eigenvalue weighted by Crippen LogP contribution is 2.23. The number of rotatable bonds is 6. The van der Waals surface area contributed by atoms with Crippen LogP contribution in [0.2, 0.25) is 0 Å². The molecule has 1 amide bonds. The maximum atomic E-state index is 14.1. The number of carbonyl (C=O) groups excluding carboxylic acids is 2. The molecule has 25 heavy (non-hydrogen) atoms. The number of nitrogens with one attached hydrogen (secondary N) is 1. The van der Waals surface area contributed by atoms with Crippen LogP contribution in [-0.4, -0.2) is 11.9 Å². The molecule has 1 aromatic carbocycles. The summed E-state index contributed by atoms with van der Waals surface area (Å²) < 4.78 is 24.5. The maximum Gasteiger partial charge on any atom is 0.349 e. The third-order valence-corrected chi connectivity index (χ3v) is 4.24. The number of hydrogen-bond acceptors (Lipinski definition) is 5. The third kappa shape index (κ3) is 4.13. The molecule has 0 saturated heterocycles. The van der Waals surface area contributed by atoms with E-state index >= 15 is 0 Å². The summed E-state index contributed by atoms with van der Waals surface area (Å²) >= 11 is 1.18. The smallest absolute Gasteiger partial charge is 0.349 e. The highest BCUT2D eigenvalue weighted by atomic mass is 32.1. The molecule has 7 heteroatoms. The largest absolute Gasteiger partial charge is 0.467 e. The second kappa shape index (κ2) is 7.76. The first kappa shape index (κ1) is 16.9. The van der Waals surface area contributed by atoms with Crippen molar-refractivity contribution in [1.29, 1.82) is 0 Å². The summed E-state index contributed by atoms with van der Waals surface area (Å²) in [5, 5.41) is 4.30. The van der Waals surface area contributed by atoms with Gasteiger partial charge in [-0.3, -0.25) is 4.79 Å². The minimum atomic E-state index is -1.40. The molecular formula is C18H14FNO4S. The standard InChI is InChI=1S/C18H14FNO4S/c19-14-7-2-1-6-13(14)16(24-18(22)15-8-4-10-25-15)17(21)20-11-12-5-3-9-23-12/h1-10,16H,11H2,(H,20,21). The van der Waals surface area contributed by atoms with E-state index in [9.17, 15) is 14.0 Å². The topological polar surface area (TPSA) is 68.5 Å². The van der Waals surface area contributed by atoms with Crippen LogP contribution in [0.15, 0.2) is 64.6 Å². The highest BCUT2D eigenvalue weighted by molar-refractivity contribution is 7.11. The average molecular weight is 359 g/mol. The lowest BCUT2D eigenvalue weighted by atomic mass is 10.1. The van der Waals surface area contributed by atoms with Gasteiger partial charge >= 0.3 is 5.97 Å². The van der Waals surface area contributed by atoms with Crippen LogP contribution in [0, 0.1) is 5.82 Å². The van der Waals surface area contributed by atoms with E-state index in [4.69, 9.17) is 9.15 Å². The molecule has 1 N–H and O–H groups in total. The number of esters is 1. The zero-order chi connectivity index (χ0) is 17.6. The van der Waals surface area contributed by atoms with Crippen molar-refractivity contribution in [3.8, 4) is 0 Å². The molecule has 3 rings (SSSR count). The summed E-state index contributed by atoms with van der Waals surface area (Å²) in [7, 11) is 0. The van der Waals surface area contributed by atoms with Gasteiger partial charge in [0.05, 0.1) is 12.8 Å². The summed E-state index contributed by atoms with van der Waals surface area (Å²) in [4.78, 5) is 25.0. The van der Waals surface area contributed by atoms with Crippen molar-refractivity contribution in [3.63, 3.8) is 0 Å². The van der Waals surface area contributed by atoms with Gasteiger partial charge in [-0.05, 0) is 29.6 Å². The zero-order valence-electron chi connectivity index (χ0n) is 13.0. The number of carbonyl (C=O) groups is 2. The van der Waals surface area contributed by atoms with Gasteiger partial charge < -0.3 is 14.5 Å². The summed E-state index contributed by atoms with van der Waals surface area (Å²) in [5.41, 5.74) is -0.00986. The van der Waals surface area contributed by atoms with Gasteiger partial charge in [0.1, 0.15) is 16.5 Å². The lowest BCUT2D eigenvalue weighted by Gasteiger charge is -2.18. The first-order valence-electron chi connectivity index (χ1n) is 7.44. The molecule has 0 aliphatic carbocycles. The molecule has 0 aliphatic rings. The number of hydrogen-bond donors (Lipinski definition) is 1. The molecule has 2 aromatic heterocycles. The predicted molar refractivity (Wildman–Crippen MR) is 89.4 cm³/mol. The van der Waals surface area contributed by atoms with Crippen LogP contribution in [0.1, 0.15) is 27.1 Å². The van der Waals surface area contributed by atoms with Crippen LogP contribution in [-0.2, 0) is 16.1 Å². The first-order chi connectivity index (χ1) is 12.1. The number of benzene rings is 1. The number of ether oxygens (including phenoxy) is 1. The maximum absolute atomic E-state index is 14.1. The fraction of sp³-hybridized carbons (Fsp3) is 0.111. The highest BCUT2D eigenvalue weighted by Gasteiger charge is 2.28. The Bertz CT molecular complexity index is 846. The molecule has 1 atom stereocenters. The Morgan fingerprint density at radius 1 is 1.16 bits per heavy atom. The van der Waals surface area contributed by atoms with E-state index in [-0.39, 0.29) is 12.1 Å². The lowest BCUT2D eigenvalue weighted by molar-refractivity contribution is -0.130. The van der Waals surface area contributed by atoms with Crippen molar-refractivity contribution in [2.45, 2.75) is 12.6 Å². The van der Waals surface area contributed by atoms with E-state index in [2.05, 4.69) is 5.32 Å². The first-order valence-corrected chi connectivity index (χ1v) is 8.32. The van der Waals surface area contributed by atoms with Gasteiger partial charge in [0.2, 0.25) is 6.10 Å². The number of furan rings is 1. The van der Waals surface area contributed by atoms with Crippen molar-refractivity contribution < 1.29 is 23.1 Å². The third-order valence-electron chi connectivity index (χ3n) is 3.39. The van der Waals surface area contributed by atoms with E-state index in [1.54, 1.807) is 35.7 Å². The SMILES string of the molecule is O=C(OC(C(=O)NCc1ccco1)c1ccccc1F)c1cccs1. The van der Waals surface area contributed by atoms with E-state index in [0.29, 0.717) is 10.6 Å². The molecule has 5 nitrogen and oxygen atoms in total. The van der Waals surface area contributed by atoms with Gasteiger partial charge in [-0.15, -0.1) is 11.3 Å². The molecule has 0 saturated carbocycles. The van der Waals surface area contributed by atoms with Crippen LogP contribution in [0.25, 0.3) is 0 Å². The summed E-state index contributed by atoms with van der Waals surface area (Å²) in [5.74, 6) is -1.41. The Labute approximate surface area is 147 Å². The number of thiophene rings is 1. The summed E-state index contributed by atoms with van der Waals surface area (Å²) in [6.45, 7) is 0.105. The second-order valence-corrected chi connectivity index (χ2v) is 6.03. The molecule has 0 fully saturated rings. The van der Waals surface area contributed by atoms with Gasteiger partial charge in [-0.2, -0.15) is 0 Å². The summed E-state index contributed by atoms with van der Waals surface area (Å²) in [6.07, 6.45) is 0.0814. The number of amides is 1. The van der Waals surface area contributed by atoms with Crippen molar-refractivity contribution in [2.75, 3.05) is 0 Å². The van der Waals surface area contributed by atoms with Crippen molar-refractivity contribution >= 4 is 23.2 Å². The Kier molecular flexibility index (Phi) is 5.25. The molecule has 0 spiro atoms. The monoisotopic (exact) mass is 359 g/mol. The van der Waals surface area contributed by atoms with Crippen molar-refractivity contribution in [1.82, 2.24) is 5.32 Å². The quantitative estimate of drug-likeness (QED) is 0.682. The fourth-order valence-corrected chi connectivity index (χ4v) is 2.79. The van der Waals surface area contributed by atoms with Gasteiger partial charge in [0.25, 0.3) is 5.91 Å². The summed E-state index contributed by atoms with van der Waals surface area (Å²) in [6, 6.07) is 12.3. The molecule has 3 aromatic rings. The Balaban J connectivity index is 1.79. The normalized spacial score (nSPS) is 11.7. The predicted octanol–water partition coefficient (Wildman–Crippen LogP) is 3.69. The molecule has 2 heterocycles. The second-order valence-electron chi connectivity index (χ2n) is 5.08. The molecule has 1 unspecified atom stereocenters. The Morgan fingerprint density at radius 3 is 2.68 bits per heavy atom. The van der Waals surface area contributed by atoms with Gasteiger partial charge in [0.15, 0.2) is 0 Å². The average Bonchev–Trinajstić information content (AvgIpc) is 3.31. The van der Waals surface area contributed by atoms with E-state index in [1.165, 1.54) is 35.8 Å². The van der Waals surface area contributed by atoms with Gasteiger partial charge in [-0.25, -0.2) is 9.18 Å². The fourth-order valence-electron chi connectivity index (χ4n) is 2.19. The van der Waals surface area contributed by atoms with Crippen molar-refractivity contribution in [2.24, 2.45) is 0 Å². The molecule has 0 radical (unpaired) electrons. The van der Waals surface area contributed by atoms with Crippen LogP contribution in [0.3, 0.4) is 0 Å². The van der Waals surface area contributed by atoms with Crippen LogP contribution in [0.5, 0.6) is 0 Å². The number of halogens is 1.